The van der Waals surface area contributed by atoms with Crippen molar-refractivity contribution >= 4 is 23.2 Å². The summed E-state index contributed by atoms with van der Waals surface area (Å²) in [5.41, 5.74) is 4.45. The van der Waals surface area contributed by atoms with Crippen LogP contribution >= 0.6 is 0 Å². The topological polar surface area (TPSA) is 52.7 Å². The molecule has 2 saturated heterocycles. The smallest absolute Gasteiger partial charge is 0.229 e. The number of aryl methyl sites for hydroxylation is 1. The maximum Gasteiger partial charge on any atom is 0.229 e. The van der Waals surface area contributed by atoms with Crippen LogP contribution in [0.4, 0.5) is 11.4 Å². The highest BCUT2D eigenvalue weighted by atomic mass is 16.2. The fourth-order valence-electron chi connectivity index (χ4n) is 4.36. The Kier molecular flexibility index (Phi) is 5.84. The van der Waals surface area contributed by atoms with Gasteiger partial charge in [-0.15, -0.1) is 0 Å². The first-order valence-electron chi connectivity index (χ1n) is 10.6. The molecule has 29 heavy (non-hydrogen) atoms. The normalized spacial score (nSPS) is 19.1. The minimum atomic E-state index is -0.281. The lowest BCUT2D eigenvalue weighted by Crippen LogP contribution is -2.30. The van der Waals surface area contributed by atoms with E-state index in [4.69, 9.17) is 0 Å². The van der Waals surface area contributed by atoms with Crippen molar-refractivity contribution in [1.29, 1.82) is 0 Å². The van der Waals surface area contributed by atoms with Crippen molar-refractivity contribution in [2.75, 3.05) is 36.4 Å². The van der Waals surface area contributed by atoms with E-state index in [9.17, 15) is 9.59 Å². The third-order valence-corrected chi connectivity index (χ3v) is 6.01. The second-order valence-electron chi connectivity index (χ2n) is 8.16. The lowest BCUT2D eigenvalue weighted by atomic mass is 10.1. The van der Waals surface area contributed by atoms with Crippen LogP contribution in [0.15, 0.2) is 48.5 Å². The molecule has 2 aromatic rings. The van der Waals surface area contributed by atoms with Gasteiger partial charge in [-0.05, 0) is 55.5 Å². The minimum Gasteiger partial charge on any atom is -0.371 e. The van der Waals surface area contributed by atoms with Gasteiger partial charge < -0.3 is 15.1 Å². The minimum absolute atomic E-state index is 0.0612. The zero-order chi connectivity index (χ0) is 20.2. The van der Waals surface area contributed by atoms with Crippen LogP contribution in [0.1, 0.15) is 30.4 Å². The molecule has 2 aliphatic rings. The number of rotatable bonds is 6. The van der Waals surface area contributed by atoms with Gasteiger partial charge in [0.15, 0.2) is 0 Å². The monoisotopic (exact) mass is 391 g/mol. The van der Waals surface area contributed by atoms with Gasteiger partial charge in [-0.25, -0.2) is 0 Å². The van der Waals surface area contributed by atoms with E-state index in [0.717, 1.165) is 25.2 Å². The fraction of sp³-hybridized carbons (Fsp3) is 0.417. The third kappa shape index (κ3) is 4.61. The number of anilines is 2. The Hall–Kier alpha value is -2.82. The van der Waals surface area contributed by atoms with Crippen LogP contribution in [-0.4, -0.2) is 42.9 Å². The zero-order valence-corrected chi connectivity index (χ0v) is 17.1. The maximum absolute atomic E-state index is 12.7. The van der Waals surface area contributed by atoms with E-state index in [1.54, 1.807) is 0 Å². The van der Waals surface area contributed by atoms with Crippen LogP contribution in [0.25, 0.3) is 0 Å². The number of nitrogens with zero attached hydrogens (tertiary/aromatic N) is 2. The standard InChI is InChI=1S/C24H29N3O2/c1-18-15-21(9-10-22(18)26-12-5-6-13-26)25-24(29)20-16-23(28)27(17-20)14-11-19-7-3-2-4-8-19/h2-4,7-10,15,20H,5-6,11-14,16-17H2,1H3,(H,25,29). The van der Waals surface area contributed by atoms with Crippen LogP contribution < -0.4 is 10.2 Å². The van der Waals surface area contributed by atoms with Crippen molar-refractivity contribution in [3.05, 3.63) is 59.7 Å². The number of amides is 2. The Morgan fingerprint density at radius 1 is 1.10 bits per heavy atom. The molecule has 0 spiro atoms. The Morgan fingerprint density at radius 2 is 1.86 bits per heavy atom. The molecule has 4 rings (SSSR count). The van der Waals surface area contributed by atoms with Crippen LogP contribution in [-0.2, 0) is 16.0 Å². The molecule has 0 aromatic heterocycles. The molecule has 1 N–H and O–H groups in total. The van der Waals surface area contributed by atoms with E-state index in [0.29, 0.717) is 19.5 Å². The Bertz CT molecular complexity index is 875. The molecule has 2 heterocycles. The number of benzene rings is 2. The second kappa shape index (κ2) is 8.68. The van der Waals surface area contributed by atoms with Crippen molar-refractivity contribution in [1.82, 2.24) is 4.90 Å². The molecule has 152 valence electrons. The summed E-state index contributed by atoms with van der Waals surface area (Å²) < 4.78 is 0. The van der Waals surface area contributed by atoms with E-state index in [2.05, 4.69) is 35.3 Å². The van der Waals surface area contributed by atoms with Crippen molar-refractivity contribution in [3.63, 3.8) is 0 Å². The van der Waals surface area contributed by atoms with E-state index < -0.39 is 0 Å². The third-order valence-electron chi connectivity index (χ3n) is 6.01. The fourth-order valence-corrected chi connectivity index (χ4v) is 4.36. The molecular weight excluding hydrogens is 362 g/mol. The van der Waals surface area contributed by atoms with Crippen LogP contribution in [0, 0.1) is 12.8 Å². The molecule has 0 radical (unpaired) electrons. The maximum atomic E-state index is 12.7. The molecule has 5 nitrogen and oxygen atoms in total. The summed E-state index contributed by atoms with van der Waals surface area (Å²) in [6.07, 6.45) is 3.60. The van der Waals surface area contributed by atoms with E-state index in [1.807, 2.05) is 35.2 Å². The number of hydrogen-bond acceptors (Lipinski definition) is 3. The van der Waals surface area contributed by atoms with Gasteiger partial charge in [0.2, 0.25) is 11.8 Å². The largest absolute Gasteiger partial charge is 0.371 e. The summed E-state index contributed by atoms with van der Waals surface area (Å²) in [4.78, 5) is 29.3. The first kappa shape index (κ1) is 19.5. The number of carbonyl (C=O) groups excluding carboxylic acids is 2. The van der Waals surface area contributed by atoms with Crippen LogP contribution in [0.5, 0.6) is 0 Å². The summed E-state index contributed by atoms with van der Waals surface area (Å²) in [5, 5.41) is 3.02. The van der Waals surface area contributed by atoms with Crippen LogP contribution in [0.2, 0.25) is 0 Å². The molecule has 1 unspecified atom stereocenters. The van der Waals surface area contributed by atoms with Gasteiger partial charge in [0, 0.05) is 44.0 Å². The number of carbonyl (C=O) groups is 2. The van der Waals surface area contributed by atoms with Crippen molar-refractivity contribution < 1.29 is 9.59 Å². The Labute approximate surface area is 172 Å². The summed E-state index contributed by atoms with van der Waals surface area (Å²) in [7, 11) is 0. The summed E-state index contributed by atoms with van der Waals surface area (Å²) in [6.45, 7) is 5.47. The van der Waals surface area contributed by atoms with E-state index in [-0.39, 0.29) is 17.7 Å². The molecule has 0 aliphatic carbocycles. The van der Waals surface area contributed by atoms with Gasteiger partial charge in [0.1, 0.15) is 0 Å². The quantitative estimate of drug-likeness (QED) is 0.818. The van der Waals surface area contributed by atoms with Gasteiger partial charge in [0.05, 0.1) is 5.92 Å². The van der Waals surface area contributed by atoms with Crippen molar-refractivity contribution in [3.8, 4) is 0 Å². The predicted molar refractivity (Wildman–Crippen MR) is 116 cm³/mol. The Morgan fingerprint density at radius 3 is 2.59 bits per heavy atom. The molecular formula is C24H29N3O2. The lowest BCUT2D eigenvalue weighted by molar-refractivity contribution is -0.128. The summed E-state index contributed by atoms with van der Waals surface area (Å²) in [5.74, 6) is -0.271. The zero-order valence-electron chi connectivity index (χ0n) is 17.1. The van der Waals surface area contributed by atoms with Gasteiger partial charge in [0.25, 0.3) is 0 Å². The van der Waals surface area contributed by atoms with Crippen molar-refractivity contribution in [2.24, 2.45) is 5.92 Å². The highest BCUT2D eigenvalue weighted by molar-refractivity contribution is 5.97. The average Bonchev–Trinajstić information content (AvgIpc) is 3.37. The highest BCUT2D eigenvalue weighted by Crippen LogP contribution is 2.27. The van der Waals surface area contributed by atoms with Crippen LogP contribution in [0.3, 0.4) is 0 Å². The second-order valence-corrected chi connectivity index (χ2v) is 8.16. The number of nitrogens with one attached hydrogen (secondary N) is 1. The SMILES string of the molecule is Cc1cc(NC(=O)C2CC(=O)N(CCc3ccccc3)C2)ccc1N1CCCC1. The van der Waals surface area contributed by atoms with Gasteiger partial charge >= 0.3 is 0 Å². The lowest BCUT2D eigenvalue weighted by Gasteiger charge is -2.21. The molecule has 2 amide bonds. The summed E-state index contributed by atoms with van der Waals surface area (Å²) in [6, 6.07) is 16.3. The van der Waals surface area contributed by atoms with E-state index >= 15 is 0 Å². The first-order chi connectivity index (χ1) is 14.1. The van der Waals surface area contributed by atoms with Gasteiger partial charge in [-0.2, -0.15) is 0 Å². The average molecular weight is 392 g/mol. The molecule has 2 fully saturated rings. The number of likely N-dealkylation sites (tertiary alicyclic amines) is 1. The first-order valence-corrected chi connectivity index (χ1v) is 10.6. The molecule has 2 aliphatic heterocycles. The molecule has 1 atom stereocenters. The van der Waals surface area contributed by atoms with Gasteiger partial charge in [-0.3, -0.25) is 9.59 Å². The van der Waals surface area contributed by atoms with Crippen molar-refractivity contribution in [2.45, 2.75) is 32.6 Å². The predicted octanol–water partition coefficient (Wildman–Crippen LogP) is 3.62. The highest BCUT2D eigenvalue weighted by Gasteiger charge is 2.34. The molecule has 0 bridgehead atoms. The Balaban J connectivity index is 1.33. The van der Waals surface area contributed by atoms with E-state index in [1.165, 1.54) is 29.7 Å². The molecule has 0 saturated carbocycles. The molecule has 5 heteroatoms. The molecule has 2 aromatic carbocycles. The van der Waals surface area contributed by atoms with Gasteiger partial charge in [-0.1, -0.05) is 30.3 Å². The summed E-state index contributed by atoms with van der Waals surface area (Å²) >= 11 is 0. The number of hydrogen-bond donors (Lipinski definition) is 1.